The van der Waals surface area contributed by atoms with Crippen molar-refractivity contribution in [3.05, 3.63) is 66.9 Å². The minimum atomic E-state index is -1.13. The van der Waals surface area contributed by atoms with E-state index in [1.807, 2.05) is 53.4 Å². The van der Waals surface area contributed by atoms with Crippen molar-refractivity contribution in [3.8, 4) is 11.3 Å². The van der Waals surface area contributed by atoms with E-state index in [0.29, 0.717) is 6.73 Å². The van der Waals surface area contributed by atoms with E-state index in [4.69, 9.17) is 9.47 Å². The number of methoxy groups -OCH3 is 1. The quantitative estimate of drug-likeness (QED) is 0.186. The maximum absolute atomic E-state index is 12.1. The number of fused-ring (bicyclic) bond motifs is 1. The van der Waals surface area contributed by atoms with Gasteiger partial charge in [-0.15, -0.1) is 0 Å². The molecule has 0 amide bonds. The third kappa shape index (κ3) is 5.60. The Kier molecular flexibility index (Phi) is 7.23. The zero-order chi connectivity index (χ0) is 24.1. The summed E-state index contributed by atoms with van der Waals surface area (Å²) in [6.45, 7) is 8.23. The lowest BCUT2D eigenvalue weighted by Crippen LogP contribution is -2.22. The van der Waals surface area contributed by atoms with Crippen LogP contribution in [0, 0.1) is 0 Å². The Hall–Kier alpha value is -3.30. The predicted octanol–water partition coefficient (Wildman–Crippen LogP) is 4.76. The summed E-state index contributed by atoms with van der Waals surface area (Å²) >= 11 is 0. The summed E-state index contributed by atoms with van der Waals surface area (Å²) in [5.41, 5.74) is 3.45. The molecular weight excluding hydrogens is 446 g/mol. The SMILES string of the molecule is COC(=O)CC(c1ccccc1)n1cc(-c2ncnc3c2ccn3COCC[Si](C)(C)C)cn1. The van der Waals surface area contributed by atoms with Gasteiger partial charge in [0.05, 0.1) is 31.5 Å². The van der Waals surface area contributed by atoms with E-state index < -0.39 is 8.07 Å². The summed E-state index contributed by atoms with van der Waals surface area (Å²) in [5, 5.41) is 5.51. The molecule has 0 saturated heterocycles. The minimum absolute atomic E-state index is 0.186. The van der Waals surface area contributed by atoms with Crippen LogP contribution in [0.1, 0.15) is 18.0 Å². The van der Waals surface area contributed by atoms with Crippen molar-refractivity contribution in [2.45, 2.75) is 44.9 Å². The van der Waals surface area contributed by atoms with Gasteiger partial charge in [0.2, 0.25) is 0 Å². The van der Waals surface area contributed by atoms with Crippen LogP contribution >= 0.6 is 0 Å². The number of esters is 1. The zero-order valence-corrected chi connectivity index (χ0v) is 21.1. The van der Waals surface area contributed by atoms with Crippen molar-refractivity contribution in [1.29, 1.82) is 0 Å². The normalized spacial score (nSPS) is 12.7. The molecule has 0 aliphatic rings. The molecule has 0 bridgehead atoms. The summed E-state index contributed by atoms with van der Waals surface area (Å²) in [6, 6.07) is 12.7. The number of benzene rings is 1. The molecule has 0 spiro atoms. The Morgan fingerprint density at radius 1 is 1.12 bits per heavy atom. The molecule has 0 N–H and O–H groups in total. The van der Waals surface area contributed by atoms with E-state index in [0.717, 1.165) is 40.5 Å². The van der Waals surface area contributed by atoms with Gasteiger partial charge in [0.25, 0.3) is 0 Å². The van der Waals surface area contributed by atoms with Gasteiger partial charge < -0.3 is 14.0 Å². The second-order valence-corrected chi connectivity index (χ2v) is 15.1. The lowest BCUT2D eigenvalue weighted by atomic mass is 10.0. The zero-order valence-electron chi connectivity index (χ0n) is 20.1. The lowest BCUT2D eigenvalue weighted by Gasteiger charge is -2.17. The fraction of sp³-hybridized carbons (Fsp3) is 0.360. The number of aromatic nitrogens is 5. The number of hydrogen-bond donors (Lipinski definition) is 0. The van der Waals surface area contributed by atoms with Crippen LogP contribution in [0.15, 0.2) is 61.3 Å². The average Bonchev–Trinajstić information content (AvgIpc) is 3.47. The number of hydrogen-bond acceptors (Lipinski definition) is 6. The first-order valence-electron chi connectivity index (χ1n) is 11.4. The first kappa shape index (κ1) is 23.8. The standard InChI is InChI=1S/C25H31N5O3Si/c1-32-23(31)14-22(19-8-6-5-7-9-19)30-16-20(15-28-30)24-21-10-11-29(25(21)27-17-26-24)18-33-12-13-34(2,3)4/h5-11,15-17,22H,12-14,18H2,1-4H3. The van der Waals surface area contributed by atoms with E-state index in [9.17, 15) is 4.79 Å². The highest BCUT2D eigenvalue weighted by Crippen LogP contribution is 2.29. The molecule has 3 heterocycles. The third-order valence-electron chi connectivity index (χ3n) is 5.75. The molecule has 4 aromatic rings. The highest BCUT2D eigenvalue weighted by molar-refractivity contribution is 6.76. The maximum atomic E-state index is 12.1. The molecule has 0 aliphatic carbocycles. The van der Waals surface area contributed by atoms with E-state index >= 15 is 0 Å². The molecule has 9 heteroatoms. The molecule has 178 valence electrons. The number of carbonyl (C=O) groups excluding carboxylic acids is 1. The Labute approximate surface area is 200 Å². The Balaban J connectivity index is 1.59. The van der Waals surface area contributed by atoms with Gasteiger partial charge in [-0.3, -0.25) is 9.48 Å². The largest absolute Gasteiger partial charge is 0.469 e. The fourth-order valence-corrected chi connectivity index (χ4v) is 4.55. The number of rotatable bonds is 10. The molecule has 4 rings (SSSR count). The average molecular weight is 478 g/mol. The van der Waals surface area contributed by atoms with E-state index in [1.54, 1.807) is 17.2 Å². The molecular formula is C25H31N5O3Si. The smallest absolute Gasteiger partial charge is 0.308 e. The minimum Gasteiger partial charge on any atom is -0.469 e. The highest BCUT2D eigenvalue weighted by atomic mass is 28.3. The second kappa shape index (κ2) is 10.3. The maximum Gasteiger partial charge on any atom is 0.308 e. The van der Waals surface area contributed by atoms with E-state index in [2.05, 4.69) is 34.7 Å². The van der Waals surface area contributed by atoms with Crippen molar-refractivity contribution in [3.63, 3.8) is 0 Å². The van der Waals surface area contributed by atoms with Gasteiger partial charge >= 0.3 is 5.97 Å². The van der Waals surface area contributed by atoms with Gasteiger partial charge in [0.15, 0.2) is 0 Å². The summed E-state index contributed by atoms with van der Waals surface area (Å²) in [6.07, 6.45) is 7.43. The molecule has 1 aromatic carbocycles. The van der Waals surface area contributed by atoms with Crippen molar-refractivity contribution in [2.75, 3.05) is 13.7 Å². The van der Waals surface area contributed by atoms with Gasteiger partial charge in [-0.1, -0.05) is 50.0 Å². The first-order chi connectivity index (χ1) is 16.4. The van der Waals surface area contributed by atoms with Gasteiger partial charge in [-0.05, 0) is 17.7 Å². The van der Waals surface area contributed by atoms with Gasteiger partial charge in [-0.25, -0.2) is 9.97 Å². The van der Waals surface area contributed by atoms with Crippen LogP contribution in [0.5, 0.6) is 0 Å². The number of ether oxygens (including phenoxy) is 2. The molecule has 3 aromatic heterocycles. The number of nitrogens with zero attached hydrogens (tertiary/aromatic N) is 5. The van der Waals surface area contributed by atoms with Crippen LogP contribution in [0.3, 0.4) is 0 Å². The Bertz CT molecular complexity index is 1250. The molecule has 0 saturated carbocycles. The van der Waals surface area contributed by atoms with Crippen LogP contribution in [-0.4, -0.2) is 52.1 Å². The van der Waals surface area contributed by atoms with Crippen LogP contribution in [-0.2, 0) is 21.0 Å². The van der Waals surface area contributed by atoms with Gasteiger partial charge in [0, 0.05) is 38.0 Å². The third-order valence-corrected chi connectivity index (χ3v) is 7.45. The monoisotopic (exact) mass is 477 g/mol. The van der Waals surface area contributed by atoms with Crippen LogP contribution < -0.4 is 0 Å². The number of carbonyl (C=O) groups is 1. The molecule has 0 fully saturated rings. The molecule has 34 heavy (non-hydrogen) atoms. The summed E-state index contributed by atoms with van der Waals surface area (Å²) in [7, 11) is 0.270. The summed E-state index contributed by atoms with van der Waals surface area (Å²) < 4.78 is 14.6. The predicted molar refractivity (Wildman–Crippen MR) is 134 cm³/mol. The summed E-state index contributed by atoms with van der Waals surface area (Å²) in [5.74, 6) is -0.290. The van der Waals surface area contributed by atoms with Crippen LogP contribution in [0.2, 0.25) is 25.7 Å². The van der Waals surface area contributed by atoms with Gasteiger partial charge in [-0.2, -0.15) is 5.10 Å². The van der Waals surface area contributed by atoms with Gasteiger partial charge in [0.1, 0.15) is 18.7 Å². The van der Waals surface area contributed by atoms with Crippen molar-refractivity contribution in [2.24, 2.45) is 0 Å². The molecule has 0 aliphatic heterocycles. The molecule has 1 unspecified atom stereocenters. The van der Waals surface area contributed by atoms with Crippen molar-refractivity contribution >= 4 is 25.1 Å². The van der Waals surface area contributed by atoms with Crippen LogP contribution in [0.25, 0.3) is 22.3 Å². The Morgan fingerprint density at radius 3 is 2.65 bits per heavy atom. The van der Waals surface area contributed by atoms with E-state index in [-0.39, 0.29) is 18.4 Å². The molecule has 0 radical (unpaired) electrons. The second-order valence-electron chi connectivity index (χ2n) is 9.51. The molecule has 8 nitrogen and oxygen atoms in total. The molecule has 1 atom stereocenters. The summed E-state index contributed by atoms with van der Waals surface area (Å²) in [4.78, 5) is 21.1. The van der Waals surface area contributed by atoms with Crippen molar-refractivity contribution < 1.29 is 14.3 Å². The first-order valence-corrected chi connectivity index (χ1v) is 15.1. The topological polar surface area (TPSA) is 84.1 Å². The fourth-order valence-electron chi connectivity index (χ4n) is 3.79. The van der Waals surface area contributed by atoms with Crippen molar-refractivity contribution in [1.82, 2.24) is 24.3 Å². The van der Waals surface area contributed by atoms with E-state index in [1.165, 1.54) is 7.11 Å². The lowest BCUT2D eigenvalue weighted by molar-refractivity contribution is -0.141. The highest BCUT2D eigenvalue weighted by Gasteiger charge is 2.21. The Morgan fingerprint density at radius 2 is 1.91 bits per heavy atom. The van der Waals surface area contributed by atoms with Crippen LogP contribution in [0.4, 0.5) is 0 Å².